The van der Waals surface area contributed by atoms with E-state index in [1.807, 2.05) is 42.5 Å². The van der Waals surface area contributed by atoms with Crippen molar-refractivity contribution in [2.45, 2.75) is 32.1 Å². The Hall–Kier alpha value is -3.85. The largest absolute Gasteiger partial charge is 0.456 e. The van der Waals surface area contributed by atoms with E-state index >= 15 is 0 Å². The van der Waals surface area contributed by atoms with Gasteiger partial charge in [-0.2, -0.15) is 0 Å². The first kappa shape index (κ1) is 19.8. The van der Waals surface area contributed by atoms with Crippen LogP contribution in [-0.4, -0.2) is 0 Å². The van der Waals surface area contributed by atoms with Crippen LogP contribution in [0.15, 0.2) is 100 Å². The number of hydrogen-bond donors (Lipinski definition) is 0. The van der Waals surface area contributed by atoms with Crippen molar-refractivity contribution in [3.05, 3.63) is 112 Å². The van der Waals surface area contributed by atoms with Gasteiger partial charge in [0.2, 0.25) is 5.43 Å². The number of hydrogen-bond acceptors (Lipinski definition) is 3. The molecule has 1 aliphatic heterocycles. The van der Waals surface area contributed by atoms with Crippen LogP contribution < -0.4 is 10.3 Å². The number of anilines is 3. The van der Waals surface area contributed by atoms with E-state index in [0.29, 0.717) is 21.9 Å². The van der Waals surface area contributed by atoms with Gasteiger partial charge in [0, 0.05) is 17.2 Å². The van der Waals surface area contributed by atoms with Crippen molar-refractivity contribution in [3.63, 3.8) is 0 Å². The molecule has 4 aromatic carbocycles. The van der Waals surface area contributed by atoms with Crippen molar-refractivity contribution < 1.29 is 4.42 Å². The van der Waals surface area contributed by atoms with Crippen LogP contribution in [0.25, 0.3) is 21.9 Å². The minimum absolute atomic E-state index is 0.00817. The highest BCUT2D eigenvalue weighted by Crippen LogP contribution is 2.54. The number of fused-ring (bicyclic) bond motifs is 4. The summed E-state index contributed by atoms with van der Waals surface area (Å²) in [5.74, 6) is 0. The molecular weight excluding hydrogens is 406 g/mol. The van der Waals surface area contributed by atoms with E-state index in [1.54, 1.807) is 0 Å². The quantitative estimate of drug-likeness (QED) is 0.273. The highest BCUT2D eigenvalue weighted by Gasteiger charge is 2.40. The van der Waals surface area contributed by atoms with Crippen LogP contribution in [0.4, 0.5) is 17.1 Å². The molecule has 0 spiro atoms. The van der Waals surface area contributed by atoms with Crippen molar-refractivity contribution in [1.29, 1.82) is 0 Å². The molecule has 0 saturated heterocycles. The summed E-state index contributed by atoms with van der Waals surface area (Å²) in [6.07, 6.45) is 2.06. The van der Waals surface area contributed by atoms with E-state index in [0.717, 1.165) is 18.5 Å². The van der Waals surface area contributed by atoms with Gasteiger partial charge in [0.15, 0.2) is 0 Å². The Morgan fingerprint density at radius 3 is 1.94 bits per heavy atom. The lowest BCUT2D eigenvalue weighted by molar-refractivity contribution is 0.474. The fraction of sp³-hybridized carbons (Fsp3) is 0.167. The molecular formula is C30H25NO2. The number of nitrogens with zero attached hydrogens (tertiary/aromatic N) is 1. The fourth-order valence-corrected chi connectivity index (χ4v) is 5.64. The molecule has 33 heavy (non-hydrogen) atoms. The molecule has 5 aromatic rings. The molecule has 3 nitrogen and oxygen atoms in total. The summed E-state index contributed by atoms with van der Waals surface area (Å²) < 4.78 is 6.19. The molecule has 1 aromatic heterocycles. The van der Waals surface area contributed by atoms with E-state index in [9.17, 15) is 4.79 Å². The van der Waals surface area contributed by atoms with Crippen LogP contribution in [0.1, 0.15) is 37.8 Å². The monoisotopic (exact) mass is 431 g/mol. The first-order valence-electron chi connectivity index (χ1n) is 11.6. The number of rotatable bonds is 3. The minimum atomic E-state index is -0.0245. The van der Waals surface area contributed by atoms with Crippen LogP contribution in [0.3, 0.4) is 0 Å². The fourth-order valence-electron chi connectivity index (χ4n) is 5.64. The first-order valence-corrected chi connectivity index (χ1v) is 11.6. The summed E-state index contributed by atoms with van der Waals surface area (Å²) >= 11 is 0. The van der Waals surface area contributed by atoms with Crippen molar-refractivity contribution in [1.82, 2.24) is 0 Å². The Labute approximate surface area is 192 Å². The lowest BCUT2D eigenvalue weighted by Gasteiger charge is -2.45. The summed E-state index contributed by atoms with van der Waals surface area (Å²) in [6.45, 7) is 4.56. The smallest absolute Gasteiger partial charge is 0.200 e. The summed E-state index contributed by atoms with van der Waals surface area (Å²) in [6, 6.07) is 30.8. The molecule has 0 bridgehead atoms. The zero-order valence-corrected chi connectivity index (χ0v) is 18.8. The van der Waals surface area contributed by atoms with E-state index < -0.39 is 0 Å². The summed E-state index contributed by atoms with van der Waals surface area (Å²) in [5, 5.41) is 1.22. The average molecular weight is 432 g/mol. The second-order valence-corrected chi connectivity index (χ2v) is 8.77. The second-order valence-electron chi connectivity index (χ2n) is 8.77. The predicted molar refractivity (Wildman–Crippen MR) is 136 cm³/mol. The van der Waals surface area contributed by atoms with Gasteiger partial charge in [-0.3, -0.25) is 4.79 Å². The first-order chi connectivity index (χ1) is 16.2. The van der Waals surface area contributed by atoms with Gasteiger partial charge in [0.25, 0.3) is 0 Å². The Bertz CT molecular complexity index is 1530. The van der Waals surface area contributed by atoms with Gasteiger partial charge in [-0.05, 0) is 60.4 Å². The zero-order chi connectivity index (χ0) is 22.6. The molecule has 2 heterocycles. The van der Waals surface area contributed by atoms with Gasteiger partial charge in [0.1, 0.15) is 11.2 Å². The van der Waals surface area contributed by atoms with Crippen LogP contribution in [0.5, 0.6) is 0 Å². The Morgan fingerprint density at radius 1 is 0.697 bits per heavy atom. The van der Waals surface area contributed by atoms with E-state index in [-0.39, 0.29) is 10.8 Å². The molecule has 0 amide bonds. The molecule has 6 rings (SSSR count). The van der Waals surface area contributed by atoms with Crippen LogP contribution in [0, 0.1) is 0 Å². The molecule has 0 atom stereocenters. The Kier molecular flexibility index (Phi) is 4.41. The van der Waals surface area contributed by atoms with Crippen LogP contribution in [-0.2, 0) is 5.41 Å². The molecule has 162 valence electrons. The molecule has 0 fully saturated rings. The van der Waals surface area contributed by atoms with Gasteiger partial charge in [-0.15, -0.1) is 0 Å². The van der Waals surface area contributed by atoms with Gasteiger partial charge < -0.3 is 9.32 Å². The SMILES string of the molecule is CCC1(CC)c2ccccc2N(c2ccc3c(=O)c4ccccc4oc3c2)c2ccccc21. The van der Waals surface area contributed by atoms with Crippen molar-refractivity contribution in [3.8, 4) is 0 Å². The van der Waals surface area contributed by atoms with E-state index in [2.05, 4.69) is 67.3 Å². The Morgan fingerprint density at radius 2 is 1.27 bits per heavy atom. The third kappa shape index (κ3) is 2.72. The summed E-state index contributed by atoms with van der Waals surface area (Å²) in [5.41, 5.74) is 7.24. The third-order valence-electron chi connectivity index (χ3n) is 7.35. The van der Waals surface area contributed by atoms with E-state index in [4.69, 9.17) is 4.42 Å². The second kappa shape index (κ2) is 7.35. The van der Waals surface area contributed by atoms with Crippen LogP contribution >= 0.6 is 0 Å². The molecule has 1 aliphatic rings. The summed E-state index contributed by atoms with van der Waals surface area (Å²) in [7, 11) is 0. The molecule has 0 unspecified atom stereocenters. The topological polar surface area (TPSA) is 33.5 Å². The lowest BCUT2D eigenvalue weighted by atomic mass is 9.67. The maximum Gasteiger partial charge on any atom is 0.200 e. The maximum absolute atomic E-state index is 13.1. The molecule has 3 heteroatoms. The highest BCUT2D eigenvalue weighted by molar-refractivity contribution is 5.94. The normalized spacial score (nSPS) is 14.3. The molecule has 0 N–H and O–H groups in total. The minimum Gasteiger partial charge on any atom is -0.456 e. The van der Waals surface area contributed by atoms with E-state index in [1.165, 1.54) is 22.5 Å². The molecule has 0 aliphatic carbocycles. The molecule has 0 saturated carbocycles. The van der Waals surface area contributed by atoms with Gasteiger partial charge >= 0.3 is 0 Å². The lowest BCUT2D eigenvalue weighted by Crippen LogP contribution is -2.34. The van der Waals surface area contributed by atoms with Gasteiger partial charge in [-0.1, -0.05) is 62.4 Å². The highest BCUT2D eigenvalue weighted by atomic mass is 16.3. The molecule has 0 radical (unpaired) electrons. The van der Waals surface area contributed by atoms with Gasteiger partial charge in [-0.25, -0.2) is 0 Å². The standard InChI is InChI=1S/C30H25NO2/c1-3-30(4-2)23-12-6-8-14-25(23)31(26-15-9-7-13-24(26)30)20-17-18-22-28(19-20)33-27-16-10-5-11-21(27)29(22)32/h5-19H,3-4H2,1-2H3. The zero-order valence-electron chi connectivity index (χ0n) is 18.8. The van der Waals surface area contributed by atoms with Crippen molar-refractivity contribution >= 4 is 39.0 Å². The van der Waals surface area contributed by atoms with Crippen molar-refractivity contribution in [2.24, 2.45) is 0 Å². The van der Waals surface area contributed by atoms with Crippen molar-refractivity contribution in [2.75, 3.05) is 4.90 Å². The van der Waals surface area contributed by atoms with Crippen LogP contribution in [0.2, 0.25) is 0 Å². The summed E-state index contributed by atoms with van der Waals surface area (Å²) in [4.78, 5) is 15.4. The number of para-hydroxylation sites is 3. The predicted octanol–water partition coefficient (Wildman–Crippen LogP) is 7.84. The third-order valence-corrected chi connectivity index (χ3v) is 7.35. The van der Waals surface area contributed by atoms with Gasteiger partial charge in [0.05, 0.1) is 22.1 Å². The maximum atomic E-state index is 13.1. The Balaban J connectivity index is 1.64. The average Bonchev–Trinajstić information content (AvgIpc) is 2.87. The number of benzene rings is 4.